The van der Waals surface area contributed by atoms with E-state index in [2.05, 4.69) is 9.88 Å². The molecule has 30 heavy (non-hydrogen) atoms. The molecular weight excluding hydrogens is 401 g/mol. The highest BCUT2D eigenvalue weighted by atomic mass is 35.5. The minimum Gasteiger partial charge on any atom is -0.370 e. The van der Waals surface area contributed by atoms with E-state index < -0.39 is 0 Å². The maximum atomic E-state index is 13.9. The summed E-state index contributed by atoms with van der Waals surface area (Å²) >= 11 is 6.61. The fourth-order valence-corrected chi connectivity index (χ4v) is 4.59. The molecule has 4 rings (SSSR count). The Kier molecular flexibility index (Phi) is 5.91. The van der Waals surface area contributed by atoms with Crippen LogP contribution in [0, 0.1) is 25.6 Å². The topological polar surface area (TPSA) is 38.1 Å². The molecule has 4 nitrogen and oxygen atoms in total. The molecule has 3 aromatic rings. The van der Waals surface area contributed by atoms with Gasteiger partial charge in [0.2, 0.25) is 0 Å². The molecule has 0 saturated carbocycles. The van der Waals surface area contributed by atoms with Gasteiger partial charge in [-0.25, -0.2) is 9.37 Å². The van der Waals surface area contributed by atoms with E-state index >= 15 is 0 Å². The number of rotatable bonds is 4. The summed E-state index contributed by atoms with van der Waals surface area (Å²) < 4.78 is 15.5. The molecule has 6 heteroatoms. The van der Waals surface area contributed by atoms with Crippen LogP contribution in [-0.4, -0.2) is 22.6 Å². The zero-order chi connectivity index (χ0) is 21.3. The predicted octanol–water partition coefficient (Wildman–Crippen LogP) is 5.10. The molecule has 0 radical (unpaired) electrons. The third kappa shape index (κ3) is 4.26. The Hall–Kier alpha value is -2.66. The number of aryl methyl sites for hydroxylation is 2. The number of hydrogen-bond donors (Lipinski definition) is 0. The van der Waals surface area contributed by atoms with Crippen LogP contribution in [0.25, 0.3) is 5.69 Å². The van der Waals surface area contributed by atoms with Gasteiger partial charge < -0.3 is 4.90 Å². The molecule has 0 N–H and O–H groups in total. The van der Waals surface area contributed by atoms with Crippen LogP contribution in [0.2, 0.25) is 5.02 Å². The number of piperidine rings is 1. The Morgan fingerprint density at radius 1 is 1.10 bits per heavy atom. The van der Waals surface area contributed by atoms with Crippen LogP contribution in [0.5, 0.6) is 0 Å². The van der Waals surface area contributed by atoms with Gasteiger partial charge in [0.25, 0.3) is 5.56 Å². The summed E-state index contributed by atoms with van der Waals surface area (Å²) in [5.74, 6) is 0.989. The zero-order valence-electron chi connectivity index (χ0n) is 17.2. The molecule has 1 aromatic heterocycles. The smallest absolute Gasteiger partial charge is 0.258 e. The fourth-order valence-electron chi connectivity index (χ4n) is 4.30. The van der Waals surface area contributed by atoms with Gasteiger partial charge in [-0.1, -0.05) is 29.8 Å². The largest absolute Gasteiger partial charge is 0.370 e. The molecule has 0 spiro atoms. The molecule has 1 fully saturated rings. The van der Waals surface area contributed by atoms with Gasteiger partial charge in [-0.3, -0.25) is 9.36 Å². The quantitative estimate of drug-likeness (QED) is 0.583. The van der Waals surface area contributed by atoms with Crippen molar-refractivity contribution >= 4 is 17.3 Å². The summed E-state index contributed by atoms with van der Waals surface area (Å²) in [6.45, 7) is 5.38. The van der Waals surface area contributed by atoms with Gasteiger partial charge in [-0.2, -0.15) is 0 Å². The van der Waals surface area contributed by atoms with E-state index in [9.17, 15) is 9.18 Å². The predicted molar refractivity (Wildman–Crippen MR) is 119 cm³/mol. The van der Waals surface area contributed by atoms with Crippen molar-refractivity contribution in [2.75, 3.05) is 18.0 Å². The van der Waals surface area contributed by atoms with Gasteiger partial charge in [-0.05, 0) is 68.9 Å². The van der Waals surface area contributed by atoms with E-state index in [1.807, 2.05) is 44.2 Å². The molecule has 0 unspecified atom stereocenters. The Labute approximate surface area is 180 Å². The molecule has 1 aliphatic heterocycles. The number of aromatic nitrogens is 2. The minimum absolute atomic E-state index is 0.113. The lowest BCUT2D eigenvalue weighted by Gasteiger charge is -2.34. The van der Waals surface area contributed by atoms with Crippen molar-refractivity contribution in [2.24, 2.45) is 5.92 Å². The summed E-state index contributed by atoms with van der Waals surface area (Å²) in [6.07, 6.45) is 2.76. The van der Waals surface area contributed by atoms with Crippen LogP contribution in [0.15, 0.2) is 53.3 Å². The summed E-state index contributed by atoms with van der Waals surface area (Å²) in [5, 5.41) is 0.618. The monoisotopic (exact) mass is 425 g/mol. The number of hydrogen-bond acceptors (Lipinski definition) is 3. The van der Waals surface area contributed by atoms with E-state index in [-0.39, 0.29) is 11.4 Å². The molecule has 2 aromatic carbocycles. The van der Waals surface area contributed by atoms with Gasteiger partial charge in [-0.15, -0.1) is 0 Å². The highest BCUT2D eigenvalue weighted by molar-refractivity contribution is 6.33. The highest BCUT2D eigenvalue weighted by Crippen LogP contribution is 2.32. The maximum absolute atomic E-state index is 13.9. The lowest BCUT2D eigenvalue weighted by molar-refractivity contribution is 0.398. The Bertz CT molecular complexity index is 1120. The van der Waals surface area contributed by atoms with Crippen LogP contribution in [0.1, 0.15) is 29.9 Å². The van der Waals surface area contributed by atoms with Gasteiger partial charge in [0.05, 0.1) is 16.4 Å². The molecule has 0 bridgehead atoms. The van der Waals surface area contributed by atoms with Crippen molar-refractivity contribution in [3.05, 3.63) is 86.8 Å². The first kappa shape index (κ1) is 20.6. The van der Waals surface area contributed by atoms with Crippen LogP contribution < -0.4 is 10.5 Å². The molecule has 0 aliphatic carbocycles. The first-order chi connectivity index (χ1) is 14.4. The second-order valence-corrected chi connectivity index (χ2v) is 8.39. The van der Waals surface area contributed by atoms with Crippen molar-refractivity contribution in [3.8, 4) is 5.69 Å². The highest BCUT2D eigenvalue weighted by Gasteiger charge is 2.22. The average Bonchev–Trinajstić information content (AvgIpc) is 2.70. The Morgan fingerprint density at radius 3 is 2.50 bits per heavy atom. The maximum Gasteiger partial charge on any atom is 0.258 e. The van der Waals surface area contributed by atoms with E-state index in [1.165, 1.54) is 12.1 Å². The number of nitrogens with zero attached hydrogens (tertiary/aromatic N) is 3. The van der Waals surface area contributed by atoms with Crippen molar-refractivity contribution in [3.63, 3.8) is 0 Å². The van der Waals surface area contributed by atoms with Crippen LogP contribution in [-0.2, 0) is 6.42 Å². The lowest BCUT2D eigenvalue weighted by atomic mass is 9.90. The number of halogens is 2. The third-order valence-electron chi connectivity index (χ3n) is 5.83. The molecule has 1 saturated heterocycles. The summed E-state index contributed by atoms with van der Waals surface area (Å²) in [4.78, 5) is 19.1. The average molecular weight is 426 g/mol. The number of anilines is 1. The Morgan fingerprint density at radius 2 is 1.83 bits per heavy atom. The van der Waals surface area contributed by atoms with Crippen LogP contribution >= 0.6 is 11.6 Å². The van der Waals surface area contributed by atoms with Crippen molar-refractivity contribution in [1.29, 1.82) is 0 Å². The normalized spacial score (nSPS) is 14.9. The summed E-state index contributed by atoms with van der Waals surface area (Å²) in [7, 11) is 0. The van der Waals surface area contributed by atoms with E-state index in [0.717, 1.165) is 43.6 Å². The molecule has 1 aliphatic rings. The Balaban J connectivity index is 1.47. The van der Waals surface area contributed by atoms with Crippen molar-refractivity contribution in [1.82, 2.24) is 9.55 Å². The zero-order valence-corrected chi connectivity index (χ0v) is 18.0. The molecule has 0 amide bonds. The van der Waals surface area contributed by atoms with E-state index in [4.69, 9.17) is 11.6 Å². The second-order valence-electron chi connectivity index (χ2n) is 7.98. The minimum atomic E-state index is -0.116. The van der Waals surface area contributed by atoms with E-state index in [1.54, 1.807) is 10.6 Å². The van der Waals surface area contributed by atoms with Crippen molar-refractivity contribution < 1.29 is 4.39 Å². The van der Waals surface area contributed by atoms with Gasteiger partial charge in [0, 0.05) is 24.8 Å². The summed E-state index contributed by atoms with van der Waals surface area (Å²) in [5.41, 5.74) is 3.07. The lowest BCUT2D eigenvalue weighted by Crippen LogP contribution is -2.34. The second kappa shape index (κ2) is 8.60. The van der Waals surface area contributed by atoms with E-state index in [0.29, 0.717) is 28.1 Å². The van der Waals surface area contributed by atoms with Gasteiger partial charge >= 0.3 is 0 Å². The van der Waals surface area contributed by atoms with Gasteiger partial charge in [0.1, 0.15) is 11.6 Å². The first-order valence-corrected chi connectivity index (χ1v) is 10.7. The standard InChI is InChI=1S/C24H25ClFN3O/c1-16-13-24(30)29(17(2)27-16)20-7-8-23(21(25)15-20)28-11-9-18(10-12-28)14-19-5-3-4-6-22(19)26/h3-8,13,15,18H,9-12,14H2,1-2H3. The molecule has 2 heterocycles. The van der Waals surface area contributed by atoms with Gasteiger partial charge in [0.15, 0.2) is 0 Å². The molecule has 0 atom stereocenters. The molecular formula is C24H25ClFN3O. The first-order valence-electron chi connectivity index (χ1n) is 10.3. The SMILES string of the molecule is Cc1cc(=O)n(-c2ccc(N3CCC(Cc4ccccc4F)CC3)c(Cl)c2)c(C)n1. The van der Waals surface area contributed by atoms with Crippen LogP contribution in [0.4, 0.5) is 10.1 Å². The number of benzene rings is 2. The summed E-state index contributed by atoms with van der Waals surface area (Å²) in [6, 6.07) is 14.3. The molecule has 156 valence electrons. The van der Waals surface area contributed by atoms with Crippen molar-refractivity contribution in [2.45, 2.75) is 33.1 Å². The fraction of sp³-hybridized carbons (Fsp3) is 0.333. The third-order valence-corrected chi connectivity index (χ3v) is 6.13. The van der Waals surface area contributed by atoms with Crippen LogP contribution in [0.3, 0.4) is 0 Å².